The number of aliphatic hydroxyl groups is 1. The number of likely N-dealkylation sites (tertiary alicyclic amines) is 1. The minimum absolute atomic E-state index is 0.0699. The molecule has 2 aliphatic rings. The molecule has 3 aromatic rings. The van der Waals surface area contributed by atoms with Crippen LogP contribution in [0, 0.1) is 6.92 Å². The zero-order valence-corrected chi connectivity index (χ0v) is 20.2. The number of rotatable bonds is 7. The molecule has 0 spiro atoms. The van der Waals surface area contributed by atoms with Crippen molar-refractivity contribution in [3.63, 3.8) is 0 Å². The maximum absolute atomic E-state index is 13.5. The van der Waals surface area contributed by atoms with Crippen molar-refractivity contribution in [2.75, 3.05) is 19.6 Å². The molecule has 0 unspecified atom stereocenters. The van der Waals surface area contributed by atoms with Gasteiger partial charge in [0.15, 0.2) is 0 Å². The number of ether oxygens (including phenoxy) is 1. The maximum Gasteiger partial charge on any atom is 0.265 e. The van der Waals surface area contributed by atoms with E-state index in [2.05, 4.69) is 15.2 Å². The highest BCUT2D eigenvalue weighted by molar-refractivity contribution is 5.95. The SMILES string of the molecule is Cc1ccc(C(=O)NC2CC2)cc1-n1cnc2ccc(OC3CCN(C[C@@H](C)O)CC3)cc2c1=O. The Bertz CT molecular complexity index is 1290. The standard InChI is InChI=1S/C27H32N4O4/c1-17-3-4-19(26(33)29-20-5-6-20)13-25(17)31-16-28-24-8-7-22(14-23(24)27(31)34)35-21-9-11-30(12-10-21)15-18(2)32/h3-4,7-8,13-14,16,18,20-21,32H,5-6,9-12,15H2,1-2H3,(H,29,33)/t18-/m1/s1. The average molecular weight is 477 g/mol. The summed E-state index contributed by atoms with van der Waals surface area (Å²) >= 11 is 0. The number of piperidine rings is 1. The van der Waals surface area contributed by atoms with Crippen LogP contribution < -0.4 is 15.6 Å². The number of nitrogens with zero attached hydrogens (tertiary/aromatic N) is 3. The van der Waals surface area contributed by atoms with Crippen molar-refractivity contribution in [1.82, 2.24) is 19.8 Å². The van der Waals surface area contributed by atoms with Crippen LogP contribution in [0.4, 0.5) is 0 Å². The fraction of sp³-hybridized carbons (Fsp3) is 0.444. The lowest BCUT2D eigenvalue weighted by Gasteiger charge is -2.32. The van der Waals surface area contributed by atoms with Gasteiger partial charge in [-0.05, 0) is 75.4 Å². The lowest BCUT2D eigenvalue weighted by atomic mass is 10.1. The molecule has 1 aromatic heterocycles. The Hall–Kier alpha value is -3.23. The molecule has 1 amide bonds. The molecule has 8 nitrogen and oxygen atoms in total. The molecule has 35 heavy (non-hydrogen) atoms. The van der Waals surface area contributed by atoms with Crippen molar-refractivity contribution in [1.29, 1.82) is 0 Å². The fourth-order valence-corrected chi connectivity index (χ4v) is 4.63. The van der Waals surface area contributed by atoms with Crippen LogP contribution in [0.2, 0.25) is 0 Å². The molecule has 8 heteroatoms. The van der Waals surface area contributed by atoms with Crippen LogP contribution in [0.15, 0.2) is 47.5 Å². The first-order chi connectivity index (χ1) is 16.9. The second-order valence-electron chi connectivity index (χ2n) is 9.81. The number of hydrogen-bond acceptors (Lipinski definition) is 6. The van der Waals surface area contributed by atoms with Crippen molar-refractivity contribution >= 4 is 16.8 Å². The molecule has 184 valence electrons. The first-order valence-corrected chi connectivity index (χ1v) is 12.4. The first-order valence-electron chi connectivity index (χ1n) is 12.4. The number of amides is 1. The van der Waals surface area contributed by atoms with Crippen LogP contribution in [0.25, 0.3) is 16.6 Å². The van der Waals surface area contributed by atoms with Crippen molar-refractivity contribution in [3.8, 4) is 11.4 Å². The molecule has 1 atom stereocenters. The number of carbonyl (C=O) groups is 1. The summed E-state index contributed by atoms with van der Waals surface area (Å²) in [6.07, 6.45) is 5.04. The number of aromatic nitrogens is 2. The average Bonchev–Trinajstić information content (AvgIpc) is 3.65. The number of hydrogen-bond donors (Lipinski definition) is 2. The summed E-state index contributed by atoms with van der Waals surface area (Å²) < 4.78 is 7.72. The van der Waals surface area contributed by atoms with Crippen LogP contribution in [-0.4, -0.2) is 63.3 Å². The van der Waals surface area contributed by atoms with Gasteiger partial charge in [0.05, 0.1) is 22.7 Å². The summed E-state index contributed by atoms with van der Waals surface area (Å²) in [6.45, 7) is 6.15. The van der Waals surface area contributed by atoms with E-state index in [-0.39, 0.29) is 29.7 Å². The molecule has 2 N–H and O–H groups in total. The van der Waals surface area contributed by atoms with E-state index in [9.17, 15) is 14.7 Å². The van der Waals surface area contributed by atoms with Crippen molar-refractivity contribution in [2.45, 2.75) is 57.8 Å². The third-order valence-electron chi connectivity index (χ3n) is 6.73. The molecule has 1 saturated heterocycles. The molecular weight excluding hydrogens is 444 g/mol. The van der Waals surface area contributed by atoms with E-state index >= 15 is 0 Å². The van der Waals surface area contributed by atoms with E-state index < -0.39 is 0 Å². The lowest BCUT2D eigenvalue weighted by molar-refractivity contribution is 0.0673. The Morgan fingerprint density at radius 1 is 1.17 bits per heavy atom. The second-order valence-corrected chi connectivity index (χ2v) is 9.81. The van der Waals surface area contributed by atoms with E-state index in [0.29, 0.717) is 34.4 Å². The molecule has 2 aromatic carbocycles. The van der Waals surface area contributed by atoms with E-state index in [4.69, 9.17) is 4.74 Å². The van der Waals surface area contributed by atoms with Gasteiger partial charge in [0.25, 0.3) is 11.5 Å². The molecule has 1 saturated carbocycles. The molecule has 2 heterocycles. The van der Waals surface area contributed by atoms with Gasteiger partial charge in [-0.1, -0.05) is 6.07 Å². The highest BCUT2D eigenvalue weighted by Crippen LogP contribution is 2.24. The fourth-order valence-electron chi connectivity index (χ4n) is 4.63. The number of nitrogens with one attached hydrogen (secondary N) is 1. The van der Waals surface area contributed by atoms with Gasteiger partial charge < -0.3 is 20.1 Å². The summed E-state index contributed by atoms with van der Waals surface area (Å²) in [5, 5.41) is 13.1. The van der Waals surface area contributed by atoms with Crippen LogP contribution in [0.3, 0.4) is 0 Å². The van der Waals surface area contributed by atoms with Crippen LogP contribution in [-0.2, 0) is 0 Å². The van der Waals surface area contributed by atoms with Crippen LogP contribution in [0.5, 0.6) is 5.75 Å². The Morgan fingerprint density at radius 3 is 2.66 bits per heavy atom. The topological polar surface area (TPSA) is 96.7 Å². The molecule has 0 bridgehead atoms. The third kappa shape index (κ3) is 5.39. The number of fused-ring (bicyclic) bond motifs is 1. The van der Waals surface area contributed by atoms with Gasteiger partial charge in [0.2, 0.25) is 0 Å². The predicted molar refractivity (Wildman–Crippen MR) is 134 cm³/mol. The Kier molecular flexibility index (Phi) is 6.58. The van der Waals surface area contributed by atoms with Crippen molar-refractivity contribution in [3.05, 3.63) is 64.2 Å². The number of carbonyl (C=O) groups excluding carboxylic acids is 1. The normalized spacial score (nSPS) is 17.9. The summed E-state index contributed by atoms with van der Waals surface area (Å²) in [6, 6.07) is 11.1. The van der Waals surface area contributed by atoms with E-state index in [1.165, 1.54) is 10.9 Å². The third-order valence-corrected chi connectivity index (χ3v) is 6.73. The van der Waals surface area contributed by atoms with Gasteiger partial charge in [-0.2, -0.15) is 0 Å². The van der Waals surface area contributed by atoms with Gasteiger partial charge in [-0.15, -0.1) is 0 Å². The number of aliphatic hydroxyl groups excluding tert-OH is 1. The highest BCUT2D eigenvalue weighted by atomic mass is 16.5. The molecule has 2 fully saturated rings. The number of benzene rings is 2. The molecule has 5 rings (SSSR count). The number of β-amino-alcohol motifs (C(OH)–C–C–N with tert-alkyl or cyclic N) is 1. The van der Waals surface area contributed by atoms with Crippen molar-refractivity contribution < 1.29 is 14.6 Å². The van der Waals surface area contributed by atoms with Gasteiger partial charge >= 0.3 is 0 Å². The van der Waals surface area contributed by atoms with Crippen LogP contribution in [0.1, 0.15) is 48.5 Å². The van der Waals surface area contributed by atoms with E-state index in [1.807, 2.05) is 25.1 Å². The Morgan fingerprint density at radius 2 is 1.94 bits per heavy atom. The van der Waals surface area contributed by atoms with Gasteiger partial charge in [-0.3, -0.25) is 14.2 Å². The summed E-state index contributed by atoms with van der Waals surface area (Å²) in [5.41, 5.74) is 2.46. The zero-order chi connectivity index (χ0) is 24.5. The molecule has 1 aliphatic carbocycles. The lowest BCUT2D eigenvalue weighted by Crippen LogP contribution is -2.41. The summed E-state index contributed by atoms with van der Waals surface area (Å²) in [4.78, 5) is 32.8. The molecule has 1 aliphatic heterocycles. The smallest absolute Gasteiger partial charge is 0.265 e. The van der Waals surface area contributed by atoms with Gasteiger partial charge in [0.1, 0.15) is 18.2 Å². The minimum atomic E-state index is -0.334. The van der Waals surface area contributed by atoms with Crippen molar-refractivity contribution in [2.24, 2.45) is 0 Å². The largest absolute Gasteiger partial charge is 0.490 e. The Balaban J connectivity index is 1.38. The monoisotopic (exact) mass is 476 g/mol. The zero-order valence-electron chi connectivity index (χ0n) is 20.2. The second kappa shape index (κ2) is 9.79. The highest BCUT2D eigenvalue weighted by Gasteiger charge is 2.24. The number of aryl methyl sites for hydroxylation is 1. The van der Waals surface area contributed by atoms with Crippen LogP contribution >= 0.6 is 0 Å². The minimum Gasteiger partial charge on any atom is -0.490 e. The molecule has 0 radical (unpaired) electrons. The maximum atomic E-state index is 13.5. The Labute approximate surface area is 204 Å². The quantitative estimate of drug-likeness (QED) is 0.544. The molecular formula is C27H32N4O4. The predicted octanol–water partition coefficient (Wildman–Crippen LogP) is 2.81. The van der Waals surface area contributed by atoms with Gasteiger partial charge in [0, 0.05) is 31.2 Å². The first kappa shape index (κ1) is 23.5. The van der Waals surface area contributed by atoms with Gasteiger partial charge in [-0.25, -0.2) is 4.98 Å². The van der Waals surface area contributed by atoms with E-state index in [1.54, 1.807) is 25.1 Å². The summed E-state index contributed by atoms with van der Waals surface area (Å²) in [7, 11) is 0. The summed E-state index contributed by atoms with van der Waals surface area (Å²) in [5.74, 6) is 0.531. The van der Waals surface area contributed by atoms with E-state index in [0.717, 1.165) is 44.3 Å².